The maximum Gasteiger partial charge on any atom is 0.246 e. The highest BCUT2D eigenvalue weighted by Gasteiger charge is 2.26. The molecule has 2 heterocycles. The Balaban J connectivity index is 1.54. The van der Waals surface area contributed by atoms with Crippen LogP contribution in [0.5, 0.6) is 5.75 Å². The molecule has 27 heavy (non-hydrogen) atoms. The van der Waals surface area contributed by atoms with Crippen molar-refractivity contribution in [2.45, 2.75) is 25.9 Å². The summed E-state index contributed by atoms with van der Waals surface area (Å²) in [5.74, 6) is 0.609. The van der Waals surface area contributed by atoms with E-state index in [1.54, 1.807) is 0 Å². The molecule has 0 radical (unpaired) electrons. The SMILES string of the molecule is Cc1csc(CC(=O)NN=C2C[C@@H](c3ccccc3)Oc3ccccc32)n1. The van der Waals surface area contributed by atoms with E-state index in [9.17, 15) is 4.79 Å². The first-order valence-electron chi connectivity index (χ1n) is 8.76. The van der Waals surface area contributed by atoms with E-state index in [1.165, 1.54) is 11.3 Å². The number of rotatable bonds is 4. The summed E-state index contributed by atoms with van der Waals surface area (Å²) in [7, 11) is 0. The lowest BCUT2D eigenvalue weighted by Gasteiger charge is -2.27. The fraction of sp³-hybridized carbons (Fsp3) is 0.190. The minimum Gasteiger partial charge on any atom is -0.485 e. The number of aryl methyl sites for hydroxylation is 1. The molecular formula is C21H19N3O2S. The summed E-state index contributed by atoms with van der Waals surface area (Å²) in [6, 6.07) is 17.8. The van der Waals surface area contributed by atoms with E-state index >= 15 is 0 Å². The van der Waals surface area contributed by atoms with Gasteiger partial charge in [0.15, 0.2) is 0 Å². The molecule has 1 amide bonds. The lowest BCUT2D eigenvalue weighted by Crippen LogP contribution is -2.26. The van der Waals surface area contributed by atoms with Gasteiger partial charge in [-0.1, -0.05) is 42.5 Å². The van der Waals surface area contributed by atoms with Crippen LogP contribution in [-0.4, -0.2) is 16.6 Å². The van der Waals surface area contributed by atoms with Crippen molar-refractivity contribution in [2.24, 2.45) is 5.10 Å². The van der Waals surface area contributed by atoms with Crippen LogP contribution in [0.1, 0.15) is 34.4 Å². The number of para-hydroxylation sites is 1. The highest BCUT2D eigenvalue weighted by atomic mass is 32.1. The maximum atomic E-state index is 12.2. The number of ether oxygens (including phenoxy) is 1. The minimum absolute atomic E-state index is 0.127. The Bertz CT molecular complexity index is 982. The van der Waals surface area contributed by atoms with Crippen molar-refractivity contribution >= 4 is 23.0 Å². The summed E-state index contributed by atoms with van der Waals surface area (Å²) >= 11 is 1.49. The van der Waals surface area contributed by atoms with Crippen LogP contribution in [0.15, 0.2) is 65.1 Å². The molecule has 0 bridgehead atoms. The molecular weight excluding hydrogens is 358 g/mol. The third kappa shape index (κ3) is 4.06. The maximum absolute atomic E-state index is 12.2. The second-order valence-electron chi connectivity index (χ2n) is 6.37. The van der Waals surface area contributed by atoms with E-state index in [1.807, 2.05) is 66.9 Å². The fourth-order valence-electron chi connectivity index (χ4n) is 3.04. The van der Waals surface area contributed by atoms with Gasteiger partial charge in [-0.15, -0.1) is 11.3 Å². The number of benzene rings is 2. The average molecular weight is 377 g/mol. The molecule has 0 fully saturated rings. The number of hydrogen-bond acceptors (Lipinski definition) is 5. The van der Waals surface area contributed by atoms with Crippen molar-refractivity contribution in [2.75, 3.05) is 0 Å². The Morgan fingerprint density at radius 3 is 2.78 bits per heavy atom. The van der Waals surface area contributed by atoms with E-state index in [4.69, 9.17) is 4.74 Å². The Hall–Kier alpha value is -2.99. The highest BCUT2D eigenvalue weighted by molar-refractivity contribution is 7.09. The van der Waals surface area contributed by atoms with Crippen molar-refractivity contribution in [3.8, 4) is 5.75 Å². The molecule has 1 atom stereocenters. The third-order valence-corrected chi connectivity index (χ3v) is 5.28. The number of hydrogen-bond donors (Lipinski definition) is 1. The molecule has 4 rings (SSSR count). The second-order valence-corrected chi connectivity index (χ2v) is 7.31. The first kappa shape index (κ1) is 17.4. The number of nitrogens with one attached hydrogen (secondary N) is 1. The molecule has 0 spiro atoms. The van der Waals surface area contributed by atoms with Gasteiger partial charge in [0, 0.05) is 23.1 Å². The number of carbonyl (C=O) groups excluding carboxylic acids is 1. The van der Waals surface area contributed by atoms with Gasteiger partial charge in [-0.05, 0) is 24.6 Å². The standard InChI is InChI=1S/C21H19N3O2S/c1-14-13-27-21(22-14)12-20(25)24-23-17-11-19(15-7-3-2-4-8-15)26-18-10-6-5-9-16(17)18/h2-10,13,19H,11-12H2,1H3,(H,24,25)/t19-/m0/s1. The van der Waals surface area contributed by atoms with E-state index in [2.05, 4.69) is 15.5 Å². The summed E-state index contributed by atoms with van der Waals surface area (Å²) in [5.41, 5.74) is 6.43. The van der Waals surface area contributed by atoms with Crippen LogP contribution < -0.4 is 10.2 Å². The summed E-state index contributed by atoms with van der Waals surface area (Å²) in [4.78, 5) is 16.6. The Morgan fingerprint density at radius 2 is 2.00 bits per heavy atom. The molecule has 6 heteroatoms. The van der Waals surface area contributed by atoms with Gasteiger partial charge >= 0.3 is 0 Å². The second kappa shape index (κ2) is 7.72. The number of thiazole rings is 1. The van der Waals surface area contributed by atoms with Crippen molar-refractivity contribution in [1.82, 2.24) is 10.4 Å². The van der Waals surface area contributed by atoms with Crippen LogP contribution in [0.4, 0.5) is 0 Å². The van der Waals surface area contributed by atoms with E-state index in [0.29, 0.717) is 6.42 Å². The zero-order chi connectivity index (χ0) is 18.6. The molecule has 0 aliphatic carbocycles. The van der Waals surface area contributed by atoms with E-state index in [-0.39, 0.29) is 18.4 Å². The van der Waals surface area contributed by atoms with Gasteiger partial charge in [-0.3, -0.25) is 4.79 Å². The minimum atomic E-state index is -0.169. The largest absolute Gasteiger partial charge is 0.485 e. The summed E-state index contributed by atoms with van der Waals surface area (Å²) in [6.07, 6.45) is 0.700. The van der Waals surface area contributed by atoms with Gasteiger partial charge in [0.05, 0.1) is 12.1 Å². The monoisotopic (exact) mass is 377 g/mol. The smallest absolute Gasteiger partial charge is 0.246 e. The first-order valence-corrected chi connectivity index (χ1v) is 9.64. The number of fused-ring (bicyclic) bond motifs is 1. The average Bonchev–Trinajstić information content (AvgIpc) is 3.11. The summed E-state index contributed by atoms with van der Waals surface area (Å²) in [6.45, 7) is 1.92. The molecule has 2 aromatic carbocycles. The van der Waals surface area contributed by atoms with Gasteiger partial charge in [0.25, 0.3) is 0 Å². The summed E-state index contributed by atoms with van der Waals surface area (Å²) in [5, 5.41) is 7.15. The molecule has 1 aliphatic rings. The van der Waals surface area contributed by atoms with Crippen molar-refractivity contribution in [1.29, 1.82) is 0 Å². The van der Waals surface area contributed by atoms with Crippen molar-refractivity contribution in [3.63, 3.8) is 0 Å². The number of hydrazone groups is 1. The normalized spacial score (nSPS) is 17.2. The summed E-state index contributed by atoms with van der Waals surface area (Å²) < 4.78 is 6.15. The van der Waals surface area contributed by atoms with Gasteiger partial charge in [0.2, 0.25) is 5.91 Å². The molecule has 3 aromatic rings. The Morgan fingerprint density at radius 1 is 1.22 bits per heavy atom. The molecule has 1 aromatic heterocycles. The molecule has 5 nitrogen and oxygen atoms in total. The van der Waals surface area contributed by atoms with Gasteiger partial charge in [0.1, 0.15) is 16.9 Å². The van der Waals surface area contributed by atoms with Crippen LogP contribution >= 0.6 is 11.3 Å². The van der Waals surface area contributed by atoms with E-state index < -0.39 is 0 Å². The number of amides is 1. The molecule has 1 aliphatic heterocycles. The topological polar surface area (TPSA) is 63.6 Å². The van der Waals surface area contributed by atoms with Crippen LogP contribution in [0, 0.1) is 6.92 Å². The zero-order valence-electron chi connectivity index (χ0n) is 14.9. The zero-order valence-corrected chi connectivity index (χ0v) is 15.7. The molecule has 0 saturated carbocycles. The molecule has 0 saturated heterocycles. The van der Waals surface area contributed by atoms with Gasteiger partial charge in [-0.2, -0.15) is 5.10 Å². The van der Waals surface area contributed by atoms with E-state index in [0.717, 1.165) is 33.3 Å². The number of aromatic nitrogens is 1. The number of nitrogens with zero attached hydrogens (tertiary/aromatic N) is 2. The highest BCUT2D eigenvalue weighted by Crippen LogP contribution is 2.34. The van der Waals surface area contributed by atoms with Crippen LogP contribution in [0.2, 0.25) is 0 Å². The van der Waals surface area contributed by atoms with Gasteiger partial charge in [-0.25, -0.2) is 10.4 Å². The predicted octanol–water partition coefficient (Wildman–Crippen LogP) is 4.04. The Labute approximate surface area is 161 Å². The first-order chi connectivity index (χ1) is 13.2. The number of carbonyl (C=O) groups is 1. The van der Waals surface area contributed by atoms with Crippen molar-refractivity contribution < 1.29 is 9.53 Å². The molecule has 1 N–H and O–H groups in total. The van der Waals surface area contributed by atoms with Crippen molar-refractivity contribution in [3.05, 3.63) is 81.8 Å². The van der Waals surface area contributed by atoms with Crippen LogP contribution in [0.3, 0.4) is 0 Å². The lowest BCUT2D eigenvalue weighted by atomic mass is 9.96. The Kier molecular flexibility index (Phi) is 4.98. The van der Waals surface area contributed by atoms with Gasteiger partial charge < -0.3 is 4.74 Å². The predicted molar refractivity (Wildman–Crippen MR) is 106 cm³/mol. The van der Waals surface area contributed by atoms with Crippen LogP contribution in [-0.2, 0) is 11.2 Å². The fourth-order valence-corrected chi connectivity index (χ4v) is 3.81. The molecule has 136 valence electrons. The third-order valence-electron chi connectivity index (χ3n) is 4.31. The van der Waals surface area contributed by atoms with Crippen LogP contribution in [0.25, 0.3) is 0 Å². The molecule has 0 unspecified atom stereocenters. The lowest BCUT2D eigenvalue weighted by molar-refractivity contribution is -0.120. The quantitative estimate of drug-likeness (QED) is 0.698.